The highest BCUT2D eigenvalue weighted by Crippen LogP contribution is 2.21. The molecule has 2 nitrogen and oxygen atoms in total. The van der Waals surface area contributed by atoms with Gasteiger partial charge in [-0.25, -0.2) is 0 Å². The standard InChI is InChI=1S/C10H9NOS/c1-6(12)9-5-11-10-3-2-7(13)4-8(9)10/h2-5,11,13H,1H3. The second-order valence-electron chi connectivity index (χ2n) is 2.99. The van der Waals surface area contributed by atoms with Crippen molar-refractivity contribution in [2.45, 2.75) is 11.8 Å². The normalized spacial score (nSPS) is 10.6. The van der Waals surface area contributed by atoms with Crippen LogP contribution in [0.1, 0.15) is 17.3 Å². The number of fused-ring (bicyclic) bond motifs is 1. The van der Waals surface area contributed by atoms with Crippen LogP contribution in [0.2, 0.25) is 0 Å². The van der Waals surface area contributed by atoms with Gasteiger partial charge in [0, 0.05) is 27.6 Å². The first-order valence-electron chi connectivity index (χ1n) is 3.99. The molecule has 0 unspecified atom stereocenters. The van der Waals surface area contributed by atoms with Crippen LogP contribution in [0.25, 0.3) is 10.9 Å². The summed E-state index contributed by atoms with van der Waals surface area (Å²) in [6, 6.07) is 5.71. The largest absolute Gasteiger partial charge is 0.360 e. The summed E-state index contributed by atoms with van der Waals surface area (Å²) in [6.45, 7) is 1.56. The number of aromatic nitrogens is 1. The van der Waals surface area contributed by atoms with E-state index in [1.165, 1.54) is 0 Å². The van der Waals surface area contributed by atoms with E-state index in [0.717, 1.165) is 21.4 Å². The molecular weight excluding hydrogens is 182 g/mol. The first kappa shape index (κ1) is 8.38. The van der Waals surface area contributed by atoms with Crippen molar-refractivity contribution < 1.29 is 4.79 Å². The number of thiol groups is 1. The Labute approximate surface area is 81.4 Å². The number of nitrogens with one attached hydrogen (secondary N) is 1. The molecule has 1 N–H and O–H groups in total. The minimum atomic E-state index is 0.0742. The number of rotatable bonds is 1. The molecule has 0 atom stereocenters. The van der Waals surface area contributed by atoms with E-state index >= 15 is 0 Å². The lowest BCUT2D eigenvalue weighted by Gasteiger charge is -1.94. The molecule has 0 saturated carbocycles. The van der Waals surface area contributed by atoms with Gasteiger partial charge in [0.2, 0.25) is 0 Å². The maximum absolute atomic E-state index is 11.2. The first-order chi connectivity index (χ1) is 6.18. The Morgan fingerprint density at radius 2 is 2.23 bits per heavy atom. The fraction of sp³-hybridized carbons (Fsp3) is 0.100. The molecule has 66 valence electrons. The molecular formula is C10H9NOS. The van der Waals surface area contributed by atoms with E-state index in [2.05, 4.69) is 17.6 Å². The van der Waals surface area contributed by atoms with Crippen molar-refractivity contribution in [3.8, 4) is 0 Å². The molecule has 3 heteroatoms. The van der Waals surface area contributed by atoms with Crippen LogP contribution >= 0.6 is 12.6 Å². The van der Waals surface area contributed by atoms with E-state index in [1.54, 1.807) is 13.1 Å². The Balaban J connectivity index is 2.79. The quantitative estimate of drug-likeness (QED) is 0.527. The van der Waals surface area contributed by atoms with E-state index < -0.39 is 0 Å². The van der Waals surface area contributed by atoms with Crippen LogP contribution in [0.4, 0.5) is 0 Å². The predicted molar refractivity (Wildman–Crippen MR) is 55.6 cm³/mol. The summed E-state index contributed by atoms with van der Waals surface area (Å²) in [6.07, 6.45) is 1.74. The molecule has 0 bridgehead atoms. The third-order valence-corrected chi connectivity index (χ3v) is 2.32. The van der Waals surface area contributed by atoms with Gasteiger partial charge in [0.25, 0.3) is 0 Å². The lowest BCUT2D eigenvalue weighted by Crippen LogP contribution is -1.88. The molecule has 1 aromatic carbocycles. The molecule has 0 aliphatic carbocycles. The zero-order valence-electron chi connectivity index (χ0n) is 7.16. The van der Waals surface area contributed by atoms with Gasteiger partial charge in [0.1, 0.15) is 0 Å². The van der Waals surface area contributed by atoms with Crippen LogP contribution in [0, 0.1) is 0 Å². The van der Waals surface area contributed by atoms with Gasteiger partial charge in [-0.1, -0.05) is 0 Å². The second-order valence-corrected chi connectivity index (χ2v) is 3.50. The van der Waals surface area contributed by atoms with Crippen LogP contribution in [-0.4, -0.2) is 10.8 Å². The van der Waals surface area contributed by atoms with E-state index in [-0.39, 0.29) is 5.78 Å². The number of aromatic amines is 1. The zero-order valence-corrected chi connectivity index (χ0v) is 8.06. The van der Waals surface area contributed by atoms with Gasteiger partial charge >= 0.3 is 0 Å². The summed E-state index contributed by atoms with van der Waals surface area (Å²) in [7, 11) is 0. The van der Waals surface area contributed by atoms with Crippen LogP contribution < -0.4 is 0 Å². The SMILES string of the molecule is CC(=O)c1c[nH]c2ccc(S)cc12. The number of carbonyl (C=O) groups excluding carboxylic acids is 1. The fourth-order valence-electron chi connectivity index (χ4n) is 1.40. The van der Waals surface area contributed by atoms with Crippen LogP contribution in [0.3, 0.4) is 0 Å². The lowest BCUT2D eigenvalue weighted by molar-refractivity contribution is 0.101. The van der Waals surface area contributed by atoms with Crippen molar-refractivity contribution in [2.24, 2.45) is 0 Å². The maximum atomic E-state index is 11.2. The van der Waals surface area contributed by atoms with Gasteiger partial charge in [0.15, 0.2) is 5.78 Å². The lowest BCUT2D eigenvalue weighted by atomic mass is 10.1. The second kappa shape index (κ2) is 2.92. The highest BCUT2D eigenvalue weighted by molar-refractivity contribution is 7.80. The molecule has 0 amide bonds. The predicted octanol–water partition coefficient (Wildman–Crippen LogP) is 2.66. The molecule has 0 fully saturated rings. The Hall–Kier alpha value is -1.22. The van der Waals surface area contributed by atoms with Gasteiger partial charge < -0.3 is 4.98 Å². The minimum Gasteiger partial charge on any atom is -0.360 e. The maximum Gasteiger partial charge on any atom is 0.161 e. The summed E-state index contributed by atoms with van der Waals surface area (Å²) in [5.41, 5.74) is 1.70. The highest BCUT2D eigenvalue weighted by Gasteiger charge is 2.06. The molecule has 0 aliphatic heterocycles. The monoisotopic (exact) mass is 191 g/mol. The molecule has 2 aromatic rings. The van der Waals surface area contributed by atoms with E-state index in [1.807, 2.05) is 18.2 Å². The van der Waals surface area contributed by atoms with Crippen molar-refractivity contribution in [1.29, 1.82) is 0 Å². The van der Waals surface area contributed by atoms with Gasteiger partial charge in [-0.15, -0.1) is 12.6 Å². The Bertz CT molecular complexity index is 473. The van der Waals surface area contributed by atoms with Crippen molar-refractivity contribution in [3.05, 3.63) is 30.0 Å². The highest BCUT2D eigenvalue weighted by atomic mass is 32.1. The van der Waals surface area contributed by atoms with E-state index in [9.17, 15) is 4.79 Å². The smallest absolute Gasteiger partial charge is 0.161 e. The average Bonchev–Trinajstić information content (AvgIpc) is 2.46. The van der Waals surface area contributed by atoms with Gasteiger partial charge in [-0.05, 0) is 25.1 Å². The average molecular weight is 191 g/mol. The van der Waals surface area contributed by atoms with Crippen molar-refractivity contribution >= 4 is 29.3 Å². The Morgan fingerprint density at radius 1 is 1.46 bits per heavy atom. The summed E-state index contributed by atoms with van der Waals surface area (Å²) in [5, 5.41) is 0.944. The molecule has 0 spiro atoms. The number of H-pyrrole nitrogens is 1. The molecule has 0 aliphatic rings. The van der Waals surface area contributed by atoms with Gasteiger partial charge in [-0.2, -0.15) is 0 Å². The molecule has 1 heterocycles. The summed E-state index contributed by atoms with van der Waals surface area (Å²) >= 11 is 4.23. The van der Waals surface area contributed by atoms with Gasteiger partial charge in [0.05, 0.1) is 0 Å². The first-order valence-corrected chi connectivity index (χ1v) is 4.44. The van der Waals surface area contributed by atoms with E-state index in [0.29, 0.717) is 0 Å². The number of hydrogen-bond donors (Lipinski definition) is 2. The van der Waals surface area contributed by atoms with Crippen molar-refractivity contribution in [2.75, 3.05) is 0 Å². The molecule has 13 heavy (non-hydrogen) atoms. The Kier molecular flexibility index (Phi) is 1.88. The van der Waals surface area contributed by atoms with Crippen LogP contribution in [0.15, 0.2) is 29.3 Å². The molecule has 2 rings (SSSR count). The van der Waals surface area contributed by atoms with Crippen molar-refractivity contribution in [1.82, 2.24) is 4.98 Å². The van der Waals surface area contributed by atoms with Crippen molar-refractivity contribution in [3.63, 3.8) is 0 Å². The summed E-state index contributed by atoms with van der Waals surface area (Å²) in [4.78, 5) is 15.1. The fourth-order valence-corrected chi connectivity index (χ4v) is 1.60. The number of benzene rings is 1. The molecule has 0 radical (unpaired) electrons. The van der Waals surface area contributed by atoms with Crippen LogP contribution in [0.5, 0.6) is 0 Å². The zero-order chi connectivity index (χ0) is 9.42. The summed E-state index contributed by atoms with van der Waals surface area (Å²) < 4.78 is 0. The summed E-state index contributed by atoms with van der Waals surface area (Å²) in [5.74, 6) is 0.0742. The number of carbonyl (C=O) groups is 1. The van der Waals surface area contributed by atoms with Gasteiger partial charge in [-0.3, -0.25) is 4.79 Å². The number of Topliss-reactive ketones (excluding diaryl/α,β-unsaturated/α-hetero) is 1. The minimum absolute atomic E-state index is 0.0742. The topological polar surface area (TPSA) is 32.9 Å². The van der Waals surface area contributed by atoms with E-state index in [4.69, 9.17) is 0 Å². The Morgan fingerprint density at radius 3 is 2.92 bits per heavy atom. The molecule has 0 saturated heterocycles. The third kappa shape index (κ3) is 1.35. The number of ketones is 1. The van der Waals surface area contributed by atoms with Crippen LogP contribution in [-0.2, 0) is 0 Å². The number of hydrogen-bond acceptors (Lipinski definition) is 2. The third-order valence-electron chi connectivity index (χ3n) is 2.04. The molecule has 1 aromatic heterocycles.